The van der Waals surface area contributed by atoms with E-state index in [2.05, 4.69) is 233 Å². The van der Waals surface area contributed by atoms with Crippen molar-refractivity contribution >= 4 is 48.6 Å². The van der Waals surface area contributed by atoms with Gasteiger partial charge in [0, 0.05) is 48.1 Å². The van der Waals surface area contributed by atoms with Gasteiger partial charge in [-0.15, -0.1) is 11.3 Å². The second-order valence-electron chi connectivity index (χ2n) is 18.8. The molecule has 0 aliphatic heterocycles. The fraction of sp³-hybridized carbons (Fsp3) is 0.115. The molecule has 2 heteroatoms. The van der Waals surface area contributed by atoms with E-state index in [1.807, 2.05) is 11.3 Å². The van der Waals surface area contributed by atoms with Crippen LogP contribution in [0.1, 0.15) is 72.2 Å². The molecule has 63 heavy (non-hydrogen) atoms. The molecule has 0 saturated carbocycles. The molecule has 10 aromatic rings. The molecule has 1 spiro atoms. The number of rotatable bonds is 4. The predicted octanol–water partition coefficient (Wildman–Crippen LogP) is 16.5. The summed E-state index contributed by atoms with van der Waals surface area (Å²) in [6.07, 6.45) is 0. The van der Waals surface area contributed by atoms with Crippen LogP contribution in [0.4, 0.5) is 17.1 Å². The number of anilines is 3. The van der Waals surface area contributed by atoms with Crippen molar-refractivity contribution in [3.05, 3.63) is 245 Å². The SMILES string of the molecule is CC1(C)c2ccccc2-c2ccc(N(c3ccc(-c4ccc5c(c4)sc4ccccc45)cc3)c3ccc4c(c3)C3(c5ccccc5-4)c4ccccc4C(C)(C)c4ccccc43)cc21. The van der Waals surface area contributed by atoms with Crippen molar-refractivity contribution in [2.24, 2.45) is 0 Å². The van der Waals surface area contributed by atoms with Gasteiger partial charge in [-0.1, -0.05) is 179 Å². The summed E-state index contributed by atoms with van der Waals surface area (Å²) in [5.41, 5.74) is 21.4. The van der Waals surface area contributed by atoms with Crippen molar-refractivity contribution < 1.29 is 0 Å². The zero-order valence-electron chi connectivity index (χ0n) is 35.9. The zero-order chi connectivity index (χ0) is 42.2. The Labute approximate surface area is 373 Å². The Balaban J connectivity index is 1.02. The van der Waals surface area contributed by atoms with E-state index >= 15 is 0 Å². The Morgan fingerprint density at radius 1 is 0.317 bits per heavy atom. The average molecular weight is 824 g/mol. The lowest BCUT2D eigenvalue weighted by molar-refractivity contribution is 0.563. The third-order valence-electron chi connectivity index (χ3n) is 15.0. The molecule has 3 aliphatic carbocycles. The second kappa shape index (κ2) is 13.0. The maximum Gasteiger partial charge on any atom is 0.0720 e. The molecule has 0 N–H and O–H groups in total. The molecule has 1 aromatic heterocycles. The van der Waals surface area contributed by atoms with Crippen molar-refractivity contribution in [1.29, 1.82) is 0 Å². The van der Waals surface area contributed by atoms with Crippen LogP contribution in [-0.2, 0) is 16.2 Å². The van der Waals surface area contributed by atoms with Crippen molar-refractivity contribution in [2.45, 2.75) is 43.9 Å². The minimum atomic E-state index is -0.479. The van der Waals surface area contributed by atoms with Gasteiger partial charge in [-0.25, -0.2) is 0 Å². The van der Waals surface area contributed by atoms with Gasteiger partial charge >= 0.3 is 0 Å². The molecule has 9 aromatic carbocycles. The van der Waals surface area contributed by atoms with Gasteiger partial charge in [-0.05, 0) is 126 Å². The van der Waals surface area contributed by atoms with E-state index in [1.165, 1.54) is 98.1 Å². The Hall–Kier alpha value is -7.00. The van der Waals surface area contributed by atoms with E-state index in [-0.39, 0.29) is 10.8 Å². The van der Waals surface area contributed by atoms with E-state index in [0.717, 1.165) is 17.1 Å². The van der Waals surface area contributed by atoms with E-state index in [4.69, 9.17) is 0 Å². The first kappa shape index (κ1) is 36.6. The van der Waals surface area contributed by atoms with Gasteiger partial charge in [0.25, 0.3) is 0 Å². The highest BCUT2D eigenvalue weighted by molar-refractivity contribution is 7.25. The van der Waals surface area contributed by atoms with Crippen molar-refractivity contribution in [3.63, 3.8) is 0 Å². The fourth-order valence-electron chi connectivity index (χ4n) is 12.0. The van der Waals surface area contributed by atoms with Crippen LogP contribution in [0.5, 0.6) is 0 Å². The molecule has 0 radical (unpaired) electrons. The van der Waals surface area contributed by atoms with Gasteiger partial charge < -0.3 is 4.90 Å². The van der Waals surface area contributed by atoms with Crippen molar-refractivity contribution in [1.82, 2.24) is 0 Å². The number of thiophene rings is 1. The third-order valence-corrected chi connectivity index (χ3v) is 16.1. The van der Waals surface area contributed by atoms with Gasteiger partial charge in [0.1, 0.15) is 0 Å². The standard InChI is InChI=1S/C61H45NS/c1-59(2)49-18-8-5-15-43(49)45-33-30-41(36-55(45)59)62(40-28-25-38(26-29-40)39-27-32-48-47-17-7-14-24-57(47)63-58(48)35-39)42-31-34-46-44-16-6-9-19-50(44)61(56(46)37-42)53-22-12-10-20-51(53)60(3,4)52-21-11-13-23-54(52)61/h5-37H,1-4H3. The summed E-state index contributed by atoms with van der Waals surface area (Å²) >= 11 is 1.88. The number of hydrogen-bond acceptors (Lipinski definition) is 2. The summed E-state index contributed by atoms with van der Waals surface area (Å²) in [5.74, 6) is 0. The van der Waals surface area contributed by atoms with Crippen LogP contribution < -0.4 is 4.90 Å². The average Bonchev–Trinajstić information content (AvgIpc) is 3.92. The van der Waals surface area contributed by atoms with Gasteiger partial charge in [0.2, 0.25) is 0 Å². The highest BCUT2D eigenvalue weighted by atomic mass is 32.1. The van der Waals surface area contributed by atoms with Gasteiger partial charge in [-0.2, -0.15) is 0 Å². The van der Waals surface area contributed by atoms with Crippen LogP contribution in [0.25, 0.3) is 53.6 Å². The quantitative estimate of drug-likeness (QED) is 0.171. The highest BCUT2D eigenvalue weighted by Gasteiger charge is 2.53. The minimum absolute atomic E-state index is 0.130. The van der Waals surface area contributed by atoms with Crippen LogP contribution in [0.2, 0.25) is 0 Å². The Morgan fingerprint density at radius 3 is 1.46 bits per heavy atom. The third kappa shape index (κ3) is 4.93. The molecular weight excluding hydrogens is 779 g/mol. The Bertz CT molecular complexity index is 3480. The van der Waals surface area contributed by atoms with Crippen LogP contribution in [0, 0.1) is 0 Å². The number of benzene rings is 9. The summed E-state index contributed by atoms with van der Waals surface area (Å²) in [4.78, 5) is 2.50. The van der Waals surface area contributed by atoms with Crippen molar-refractivity contribution in [3.8, 4) is 33.4 Å². The predicted molar refractivity (Wildman–Crippen MR) is 266 cm³/mol. The lowest BCUT2D eigenvalue weighted by atomic mass is 9.55. The first-order chi connectivity index (χ1) is 30.7. The molecule has 300 valence electrons. The van der Waals surface area contributed by atoms with Crippen LogP contribution >= 0.6 is 11.3 Å². The highest BCUT2D eigenvalue weighted by Crippen LogP contribution is 2.63. The number of nitrogens with zero attached hydrogens (tertiary/aromatic N) is 1. The Morgan fingerprint density at radius 2 is 0.778 bits per heavy atom. The lowest BCUT2D eigenvalue weighted by Gasteiger charge is -2.46. The molecule has 0 atom stereocenters. The molecule has 1 heterocycles. The normalized spacial score (nSPS) is 15.4. The van der Waals surface area contributed by atoms with Gasteiger partial charge in [0.15, 0.2) is 0 Å². The molecule has 13 rings (SSSR count). The summed E-state index contributed by atoms with van der Waals surface area (Å²) in [6, 6.07) is 76.0. The van der Waals surface area contributed by atoms with E-state index < -0.39 is 5.41 Å². The molecular formula is C61H45NS. The van der Waals surface area contributed by atoms with E-state index in [0.29, 0.717) is 0 Å². The first-order valence-electron chi connectivity index (χ1n) is 22.3. The maximum absolute atomic E-state index is 2.53. The number of fused-ring (bicyclic) bond motifs is 15. The topological polar surface area (TPSA) is 3.24 Å². The zero-order valence-corrected chi connectivity index (χ0v) is 36.7. The summed E-state index contributed by atoms with van der Waals surface area (Å²) in [6.45, 7) is 9.55. The lowest BCUT2D eigenvalue weighted by Crippen LogP contribution is -2.40. The summed E-state index contributed by atoms with van der Waals surface area (Å²) in [7, 11) is 0. The van der Waals surface area contributed by atoms with E-state index in [1.54, 1.807) is 0 Å². The van der Waals surface area contributed by atoms with Crippen LogP contribution in [-0.4, -0.2) is 0 Å². The van der Waals surface area contributed by atoms with Crippen LogP contribution in [0.15, 0.2) is 200 Å². The Kier molecular flexibility index (Phi) is 7.57. The van der Waals surface area contributed by atoms with Crippen LogP contribution in [0.3, 0.4) is 0 Å². The molecule has 0 bridgehead atoms. The fourth-order valence-corrected chi connectivity index (χ4v) is 13.1. The minimum Gasteiger partial charge on any atom is -0.310 e. The molecule has 3 aliphatic rings. The maximum atomic E-state index is 2.53. The smallest absolute Gasteiger partial charge is 0.0720 e. The van der Waals surface area contributed by atoms with E-state index in [9.17, 15) is 0 Å². The molecule has 1 nitrogen and oxygen atoms in total. The molecule has 0 amide bonds. The van der Waals surface area contributed by atoms with Gasteiger partial charge in [-0.3, -0.25) is 0 Å². The molecule has 0 unspecified atom stereocenters. The largest absolute Gasteiger partial charge is 0.310 e. The summed E-state index contributed by atoms with van der Waals surface area (Å²) < 4.78 is 2.66. The molecule has 0 fully saturated rings. The monoisotopic (exact) mass is 823 g/mol. The van der Waals surface area contributed by atoms with Crippen molar-refractivity contribution in [2.75, 3.05) is 4.90 Å². The number of hydrogen-bond donors (Lipinski definition) is 0. The first-order valence-corrected chi connectivity index (χ1v) is 23.1. The molecule has 0 saturated heterocycles. The summed E-state index contributed by atoms with van der Waals surface area (Å²) in [5, 5.41) is 2.66. The van der Waals surface area contributed by atoms with Gasteiger partial charge in [0.05, 0.1) is 5.41 Å². The second-order valence-corrected chi connectivity index (χ2v) is 19.9.